The number of Topliss-reactive ketones (excluding diaryl/α,β-unsaturated/α-hetero) is 1. The van der Waals surface area contributed by atoms with Gasteiger partial charge in [-0.1, -0.05) is 6.92 Å². The van der Waals surface area contributed by atoms with E-state index in [1.807, 2.05) is 18.7 Å². The van der Waals surface area contributed by atoms with Gasteiger partial charge in [0, 0.05) is 12.1 Å². The molecule has 4 nitrogen and oxygen atoms in total. The maximum Gasteiger partial charge on any atom is 0.176 e. The Morgan fingerprint density at radius 3 is 2.53 bits per heavy atom. The minimum Gasteiger partial charge on any atom is -0.497 e. The summed E-state index contributed by atoms with van der Waals surface area (Å²) in [5, 5.41) is 8.81. The highest BCUT2D eigenvalue weighted by Gasteiger charge is 2.13. The Bertz CT molecular complexity index is 448. The molecule has 19 heavy (non-hydrogen) atoms. The number of rotatable bonds is 7. The minimum absolute atomic E-state index is 0.0645. The summed E-state index contributed by atoms with van der Waals surface area (Å²) < 4.78 is 5.06. The van der Waals surface area contributed by atoms with Crippen LogP contribution >= 0.6 is 0 Å². The lowest BCUT2D eigenvalue weighted by Crippen LogP contribution is -2.33. The highest BCUT2D eigenvalue weighted by molar-refractivity contribution is 5.97. The molecule has 0 spiro atoms. The predicted octanol–water partition coefficient (Wildman–Crippen LogP) is 2.36. The van der Waals surface area contributed by atoms with Crippen LogP contribution < -0.4 is 4.74 Å². The number of nitriles is 1. The molecule has 0 amide bonds. The highest BCUT2D eigenvalue weighted by atomic mass is 16.5. The van der Waals surface area contributed by atoms with E-state index in [1.54, 1.807) is 31.4 Å². The average molecular weight is 260 g/mol. The normalized spacial score (nSPS) is 11.9. The smallest absolute Gasteiger partial charge is 0.176 e. The monoisotopic (exact) mass is 260 g/mol. The van der Waals surface area contributed by atoms with Crippen LogP contribution in [0.2, 0.25) is 0 Å². The summed E-state index contributed by atoms with van der Waals surface area (Å²) in [7, 11) is 1.60. The first kappa shape index (κ1) is 15.2. The molecule has 1 aromatic rings. The van der Waals surface area contributed by atoms with Crippen molar-refractivity contribution in [2.45, 2.75) is 13.8 Å². The Morgan fingerprint density at radius 1 is 1.42 bits per heavy atom. The van der Waals surface area contributed by atoms with Gasteiger partial charge in [0.15, 0.2) is 5.78 Å². The molecule has 0 N–H and O–H groups in total. The number of ether oxygens (including phenoxy) is 1. The maximum absolute atomic E-state index is 12.1. The number of hydrogen-bond acceptors (Lipinski definition) is 4. The van der Waals surface area contributed by atoms with Crippen molar-refractivity contribution in [2.24, 2.45) is 5.92 Å². The predicted molar refractivity (Wildman–Crippen MR) is 74.2 cm³/mol. The number of carbonyl (C=O) groups excluding carboxylic acids is 1. The second-order valence-corrected chi connectivity index (χ2v) is 4.51. The first-order chi connectivity index (χ1) is 9.10. The van der Waals surface area contributed by atoms with Gasteiger partial charge in [0.1, 0.15) is 5.75 Å². The van der Waals surface area contributed by atoms with Crippen molar-refractivity contribution in [3.63, 3.8) is 0 Å². The van der Waals surface area contributed by atoms with Gasteiger partial charge >= 0.3 is 0 Å². The molecular weight excluding hydrogens is 240 g/mol. The zero-order valence-corrected chi connectivity index (χ0v) is 11.7. The van der Waals surface area contributed by atoms with Crippen molar-refractivity contribution in [1.29, 1.82) is 5.26 Å². The van der Waals surface area contributed by atoms with Gasteiger partial charge in [0.25, 0.3) is 0 Å². The van der Waals surface area contributed by atoms with Crippen molar-refractivity contribution in [2.75, 3.05) is 26.7 Å². The van der Waals surface area contributed by atoms with Crippen LogP contribution in [0.4, 0.5) is 0 Å². The fourth-order valence-electron chi connectivity index (χ4n) is 1.80. The highest BCUT2D eigenvalue weighted by Crippen LogP contribution is 2.12. The summed E-state index contributed by atoms with van der Waals surface area (Å²) in [5.41, 5.74) is 0.670. The largest absolute Gasteiger partial charge is 0.497 e. The van der Waals surface area contributed by atoms with Crippen LogP contribution in [0.5, 0.6) is 5.75 Å². The molecule has 0 bridgehead atoms. The number of likely N-dealkylation sites (N-methyl/N-ethyl adjacent to an activating group) is 1. The number of nitrogens with zero attached hydrogens (tertiary/aromatic N) is 2. The summed E-state index contributed by atoms with van der Waals surface area (Å²) >= 11 is 0. The van der Waals surface area contributed by atoms with Crippen LogP contribution in [0.1, 0.15) is 24.2 Å². The molecule has 0 aliphatic heterocycles. The van der Waals surface area contributed by atoms with Crippen LogP contribution in [-0.4, -0.2) is 37.4 Å². The SMILES string of the molecule is CCN(CC(=O)c1ccc(OC)cc1)CC(C)C#N. The standard InChI is InChI=1S/C15H20N2O2/c1-4-17(10-12(2)9-16)11-15(18)13-5-7-14(19-3)8-6-13/h5-8,12H,4,10-11H2,1-3H3. The van der Waals surface area contributed by atoms with E-state index in [4.69, 9.17) is 10.00 Å². The van der Waals surface area contributed by atoms with Gasteiger partial charge in [-0.3, -0.25) is 9.69 Å². The number of benzene rings is 1. The first-order valence-electron chi connectivity index (χ1n) is 6.40. The summed E-state index contributed by atoms with van der Waals surface area (Å²) in [6, 6.07) is 9.28. The fourth-order valence-corrected chi connectivity index (χ4v) is 1.80. The molecule has 0 radical (unpaired) electrons. The molecular formula is C15H20N2O2. The van der Waals surface area contributed by atoms with E-state index in [0.717, 1.165) is 12.3 Å². The molecule has 0 aromatic heterocycles. The fraction of sp³-hybridized carbons (Fsp3) is 0.467. The van der Waals surface area contributed by atoms with E-state index in [0.29, 0.717) is 18.7 Å². The van der Waals surface area contributed by atoms with Crippen molar-refractivity contribution in [1.82, 2.24) is 4.90 Å². The van der Waals surface area contributed by atoms with Crippen LogP contribution in [0.15, 0.2) is 24.3 Å². The lowest BCUT2D eigenvalue weighted by atomic mass is 10.1. The Kier molecular flexibility index (Phi) is 6.04. The summed E-state index contributed by atoms with van der Waals surface area (Å²) in [4.78, 5) is 14.1. The first-order valence-corrected chi connectivity index (χ1v) is 6.40. The van der Waals surface area contributed by atoms with Crippen molar-refractivity contribution in [3.8, 4) is 11.8 Å². The van der Waals surface area contributed by atoms with Gasteiger partial charge in [-0.25, -0.2) is 0 Å². The quantitative estimate of drug-likeness (QED) is 0.706. The third kappa shape index (κ3) is 4.72. The van der Waals surface area contributed by atoms with Crippen LogP contribution in [-0.2, 0) is 0 Å². The average Bonchev–Trinajstić information content (AvgIpc) is 2.46. The van der Waals surface area contributed by atoms with Crippen LogP contribution in [0.25, 0.3) is 0 Å². The Balaban J connectivity index is 2.63. The van der Waals surface area contributed by atoms with E-state index in [1.165, 1.54) is 0 Å². The zero-order valence-electron chi connectivity index (χ0n) is 11.7. The molecule has 0 aliphatic rings. The van der Waals surface area contributed by atoms with Crippen molar-refractivity contribution < 1.29 is 9.53 Å². The second kappa shape index (κ2) is 7.55. The Morgan fingerprint density at radius 2 is 2.05 bits per heavy atom. The number of carbonyl (C=O) groups is 1. The molecule has 1 aromatic carbocycles. The van der Waals surface area contributed by atoms with E-state index < -0.39 is 0 Å². The summed E-state index contributed by atoms with van der Waals surface area (Å²) in [6.45, 7) is 5.57. The summed E-state index contributed by atoms with van der Waals surface area (Å²) in [5.74, 6) is 0.736. The lowest BCUT2D eigenvalue weighted by Gasteiger charge is -2.20. The Labute approximate surface area is 114 Å². The molecule has 4 heteroatoms. The molecule has 0 aliphatic carbocycles. The molecule has 1 unspecified atom stereocenters. The topological polar surface area (TPSA) is 53.3 Å². The van der Waals surface area contributed by atoms with E-state index in [2.05, 4.69) is 6.07 Å². The minimum atomic E-state index is -0.0661. The van der Waals surface area contributed by atoms with Gasteiger partial charge in [0.05, 0.1) is 25.6 Å². The number of hydrogen-bond donors (Lipinski definition) is 0. The van der Waals surface area contributed by atoms with Gasteiger partial charge in [0.2, 0.25) is 0 Å². The Hall–Kier alpha value is -1.86. The van der Waals surface area contributed by atoms with Crippen molar-refractivity contribution in [3.05, 3.63) is 29.8 Å². The van der Waals surface area contributed by atoms with Gasteiger partial charge < -0.3 is 4.74 Å². The van der Waals surface area contributed by atoms with E-state index in [-0.39, 0.29) is 11.7 Å². The molecule has 0 saturated heterocycles. The molecule has 0 fully saturated rings. The van der Waals surface area contributed by atoms with Crippen LogP contribution in [0.3, 0.4) is 0 Å². The lowest BCUT2D eigenvalue weighted by molar-refractivity contribution is 0.0929. The van der Waals surface area contributed by atoms with E-state index in [9.17, 15) is 4.79 Å². The summed E-state index contributed by atoms with van der Waals surface area (Å²) in [6.07, 6.45) is 0. The second-order valence-electron chi connectivity index (χ2n) is 4.51. The third-order valence-electron chi connectivity index (χ3n) is 2.98. The molecule has 0 saturated carbocycles. The number of methoxy groups -OCH3 is 1. The van der Waals surface area contributed by atoms with Gasteiger partial charge in [-0.2, -0.15) is 5.26 Å². The molecule has 1 rings (SSSR count). The van der Waals surface area contributed by atoms with Gasteiger partial charge in [-0.05, 0) is 37.7 Å². The van der Waals surface area contributed by atoms with Crippen LogP contribution in [0, 0.1) is 17.2 Å². The third-order valence-corrected chi connectivity index (χ3v) is 2.98. The molecule has 102 valence electrons. The maximum atomic E-state index is 12.1. The van der Waals surface area contributed by atoms with Crippen molar-refractivity contribution >= 4 is 5.78 Å². The molecule has 1 atom stereocenters. The van der Waals surface area contributed by atoms with E-state index >= 15 is 0 Å². The van der Waals surface area contributed by atoms with Gasteiger partial charge in [-0.15, -0.1) is 0 Å². The zero-order chi connectivity index (χ0) is 14.3. The molecule has 0 heterocycles. The number of ketones is 1.